The molecule has 0 aliphatic heterocycles. The lowest BCUT2D eigenvalue weighted by Crippen LogP contribution is -2.44. The molecule has 0 unspecified atom stereocenters. The lowest BCUT2D eigenvalue weighted by molar-refractivity contribution is -0.121. The van der Waals surface area contributed by atoms with Crippen molar-refractivity contribution >= 4 is 38.2 Å². The summed E-state index contributed by atoms with van der Waals surface area (Å²) < 4.78 is 25.6. The number of aromatic nitrogens is 1. The van der Waals surface area contributed by atoms with Crippen molar-refractivity contribution in [1.82, 2.24) is 10.3 Å². The van der Waals surface area contributed by atoms with Gasteiger partial charge >= 0.3 is 6.03 Å². The van der Waals surface area contributed by atoms with E-state index in [4.69, 9.17) is 0 Å². The van der Waals surface area contributed by atoms with Crippen LogP contribution in [0.3, 0.4) is 0 Å². The average molecular weight is 600 g/mol. The van der Waals surface area contributed by atoms with Crippen LogP contribution in [0.25, 0.3) is 10.9 Å². The maximum absolute atomic E-state index is 13.4. The Labute approximate surface area is 254 Å². The molecule has 0 spiro atoms. The molecule has 0 radical (unpaired) electrons. The van der Waals surface area contributed by atoms with Gasteiger partial charge in [0.25, 0.3) is 0 Å². The van der Waals surface area contributed by atoms with E-state index < -0.39 is 21.9 Å². The number of sulfone groups is 1. The second kappa shape index (κ2) is 14.0. The Kier molecular flexibility index (Phi) is 9.97. The van der Waals surface area contributed by atoms with Gasteiger partial charge in [-0.1, -0.05) is 86.6 Å². The first-order valence-electron chi connectivity index (χ1n) is 15.3. The first kappa shape index (κ1) is 30.5. The van der Waals surface area contributed by atoms with Gasteiger partial charge < -0.3 is 15.6 Å². The smallest absolute Gasteiger partial charge is 0.319 e. The Morgan fingerprint density at radius 3 is 2.40 bits per heavy atom. The maximum Gasteiger partial charge on any atom is 0.319 e. The number of hydrogen-bond acceptors (Lipinski definition) is 4. The van der Waals surface area contributed by atoms with Crippen molar-refractivity contribution in [1.29, 1.82) is 0 Å². The van der Waals surface area contributed by atoms with E-state index in [0.29, 0.717) is 30.0 Å². The minimum Gasteiger partial charge on any atom is -0.361 e. The molecular formula is C35H41N3O4S. The van der Waals surface area contributed by atoms with Crippen molar-refractivity contribution in [3.8, 4) is 0 Å². The van der Waals surface area contributed by atoms with Crippen LogP contribution in [0.1, 0.15) is 68.1 Å². The van der Waals surface area contributed by atoms with Crippen molar-refractivity contribution in [3.63, 3.8) is 0 Å². The van der Waals surface area contributed by atoms with Gasteiger partial charge in [0.1, 0.15) is 0 Å². The summed E-state index contributed by atoms with van der Waals surface area (Å²) in [5, 5.41) is 6.79. The molecule has 0 saturated heterocycles. The van der Waals surface area contributed by atoms with Gasteiger partial charge in [-0.3, -0.25) is 4.79 Å². The number of aryl methyl sites for hydroxylation is 1. The maximum atomic E-state index is 13.4. The number of aromatic amines is 1. The zero-order valence-electron chi connectivity index (χ0n) is 24.8. The number of para-hydroxylation sites is 1. The van der Waals surface area contributed by atoms with Crippen molar-refractivity contribution < 1.29 is 18.0 Å². The van der Waals surface area contributed by atoms with E-state index in [1.165, 1.54) is 32.1 Å². The van der Waals surface area contributed by atoms with Crippen LogP contribution in [-0.4, -0.2) is 31.3 Å². The van der Waals surface area contributed by atoms with E-state index in [1.54, 1.807) is 48.5 Å². The number of fused-ring (bicyclic) bond motifs is 1. The monoisotopic (exact) mass is 599 g/mol. The fourth-order valence-corrected chi connectivity index (χ4v) is 7.39. The highest BCUT2D eigenvalue weighted by Crippen LogP contribution is 2.28. The molecule has 4 aromatic rings. The number of ketones is 1. The fourth-order valence-electron chi connectivity index (χ4n) is 6.04. The van der Waals surface area contributed by atoms with E-state index in [-0.39, 0.29) is 16.4 Å². The Bertz CT molecular complexity index is 1640. The van der Waals surface area contributed by atoms with Gasteiger partial charge in [0, 0.05) is 35.6 Å². The Morgan fingerprint density at radius 2 is 1.65 bits per heavy atom. The summed E-state index contributed by atoms with van der Waals surface area (Å²) in [5.74, 6) is 0.609. The first-order valence-corrected chi connectivity index (χ1v) is 17.0. The first-order chi connectivity index (χ1) is 20.8. The third kappa shape index (κ3) is 8.35. The minimum absolute atomic E-state index is 0.0351. The van der Waals surface area contributed by atoms with E-state index in [1.807, 2.05) is 37.4 Å². The van der Waals surface area contributed by atoms with E-state index >= 15 is 0 Å². The molecule has 7 nitrogen and oxygen atoms in total. The van der Waals surface area contributed by atoms with Gasteiger partial charge in [0.05, 0.1) is 16.7 Å². The normalized spacial score (nSPS) is 14.8. The number of nitrogens with one attached hydrogen (secondary N) is 3. The standard InChI is InChI=1S/C35H41N3O4S/c1-25-14-20-30(21-15-25)43(41,42)24-27-16-18-29(19-17-27)37-35(40)38-33(22-28-23-36-32-12-6-5-11-31(28)32)34(39)13-7-10-26-8-3-2-4-9-26/h5-6,11-12,14-21,23,26,33,36H,2-4,7-10,13,22,24H2,1H3,(H2,37,38,40)/t33-/m1/s1. The number of amides is 2. The van der Waals surface area contributed by atoms with Gasteiger partial charge in [-0.2, -0.15) is 0 Å². The Hall–Kier alpha value is -3.91. The van der Waals surface area contributed by atoms with Crippen molar-refractivity contribution in [3.05, 3.63) is 95.7 Å². The van der Waals surface area contributed by atoms with Crippen molar-refractivity contribution in [2.24, 2.45) is 5.92 Å². The van der Waals surface area contributed by atoms with Crippen LogP contribution in [0.15, 0.2) is 83.9 Å². The Balaban J connectivity index is 1.21. The lowest BCUT2D eigenvalue weighted by Gasteiger charge is -2.22. The fraction of sp³-hybridized carbons (Fsp3) is 0.371. The number of benzene rings is 3. The van der Waals surface area contributed by atoms with Crippen LogP contribution in [0.5, 0.6) is 0 Å². The van der Waals surface area contributed by atoms with E-state index in [9.17, 15) is 18.0 Å². The third-order valence-corrected chi connectivity index (χ3v) is 10.2. The van der Waals surface area contributed by atoms with Crippen LogP contribution in [0.4, 0.5) is 10.5 Å². The highest BCUT2D eigenvalue weighted by Gasteiger charge is 2.23. The minimum atomic E-state index is -3.49. The molecule has 1 heterocycles. The molecule has 1 aromatic heterocycles. The zero-order chi connectivity index (χ0) is 30.2. The molecule has 1 saturated carbocycles. The number of H-pyrrole nitrogens is 1. The molecule has 5 rings (SSSR count). The number of urea groups is 1. The van der Waals surface area contributed by atoms with Crippen LogP contribution in [0, 0.1) is 12.8 Å². The molecule has 1 fully saturated rings. The highest BCUT2D eigenvalue weighted by molar-refractivity contribution is 7.90. The van der Waals surface area contributed by atoms with E-state index in [2.05, 4.69) is 15.6 Å². The Morgan fingerprint density at radius 1 is 0.930 bits per heavy atom. The van der Waals surface area contributed by atoms with Crippen LogP contribution in [-0.2, 0) is 26.8 Å². The van der Waals surface area contributed by atoms with Crippen molar-refractivity contribution in [2.45, 2.75) is 81.4 Å². The molecule has 3 N–H and O–H groups in total. The predicted molar refractivity (Wildman–Crippen MR) is 172 cm³/mol. The lowest BCUT2D eigenvalue weighted by atomic mass is 9.85. The molecule has 1 atom stereocenters. The van der Waals surface area contributed by atoms with Crippen LogP contribution >= 0.6 is 0 Å². The molecule has 226 valence electrons. The number of hydrogen-bond donors (Lipinski definition) is 3. The summed E-state index contributed by atoms with van der Waals surface area (Å²) in [7, 11) is -3.49. The number of Topliss-reactive ketones (excluding diaryl/α,β-unsaturated/α-hetero) is 1. The molecule has 1 aliphatic carbocycles. The van der Waals surface area contributed by atoms with Crippen LogP contribution < -0.4 is 10.6 Å². The number of anilines is 1. The average Bonchev–Trinajstić information content (AvgIpc) is 3.41. The van der Waals surface area contributed by atoms with Gasteiger partial charge in [-0.25, -0.2) is 13.2 Å². The zero-order valence-corrected chi connectivity index (χ0v) is 25.6. The summed E-state index contributed by atoms with van der Waals surface area (Å²) in [6.45, 7) is 1.91. The summed E-state index contributed by atoms with van der Waals surface area (Å²) in [6, 6.07) is 20.4. The van der Waals surface area contributed by atoms with E-state index in [0.717, 1.165) is 34.9 Å². The van der Waals surface area contributed by atoms with Gasteiger partial charge in [-0.05, 0) is 60.7 Å². The molecule has 8 heteroatoms. The second-order valence-electron chi connectivity index (χ2n) is 11.8. The highest BCUT2D eigenvalue weighted by atomic mass is 32.2. The molecule has 0 bridgehead atoms. The van der Waals surface area contributed by atoms with Crippen LogP contribution in [0.2, 0.25) is 0 Å². The van der Waals surface area contributed by atoms with Gasteiger partial charge in [-0.15, -0.1) is 0 Å². The summed E-state index contributed by atoms with van der Waals surface area (Å²) >= 11 is 0. The molecule has 1 aliphatic rings. The van der Waals surface area contributed by atoms with Crippen molar-refractivity contribution in [2.75, 3.05) is 5.32 Å². The molecule has 3 aromatic carbocycles. The molecule has 2 amide bonds. The topological polar surface area (TPSA) is 108 Å². The molecular weight excluding hydrogens is 558 g/mol. The number of carbonyl (C=O) groups is 2. The second-order valence-corrected chi connectivity index (χ2v) is 13.8. The quantitative estimate of drug-likeness (QED) is 0.157. The summed E-state index contributed by atoms with van der Waals surface area (Å²) in [5.41, 5.74) is 4.12. The number of carbonyl (C=O) groups excluding carboxylic acids is 2. The molecule has 43 heavy (non-hydrogen) atoms. The van der Waals surface area contributed by atoms with Gasteiger partial charge in [0.2, 0.25) is 0 Å². The largest absolute Gasteiger partial charge is 0.361 e. The summed E-state index contributed by atoms with van der Waals surface area (Å²) in [4.78, 5) is 30.1. The SMILES string of the molecule is Cc1ccc(S(=O)(=O)Cc2ccc(NC(=O)N[C@H](Cc3c[nH]c4ccccc34)C(=O)CCCC3CCCCC3)cc2)cc1. The summed E-state index contributed by atoms with van der Waals surface area (Å²) in [6.07, 6.45) is 11.0. The van der Waals surface area contributed by atoms with Gasteiger partial charge in [0.15, 0.2) is 15.6 Å². The number of rotatable bonds is 12. The third-order valence-electron chi connectivity index (χ3n) is 8.50. The predicted octanol–water partition coefficient (Wildman–Crippen LogP) is 7.50.